The fourth-order valence-corrected chi connectivity index (χ4v) is 6.18. The lowest BCUT2D eigenvalue weighted by Gasteiger charge is -2.31. The minimum absolute atomic E-state index is 0.0130. The monoisotopic (exact) mass is 745 g/mol. The number of carboxylic acid groups (broad SMARTS) is 1. The van der Waals surface area contributed by atoms with E-state index >= 15 is 0 Å². The minimum Gasteiger partial charge on any atom is -0.481 e. The number of unbranched alkanes of at least 4 members (excludes halogenated alkanes) is 8. The van der Waals surface area contributed by atoms with Crippen molar-refractivity contribution >= 4 is 29.6 Å². The highest BCUT2D eigenvalue weighted by Crippen LogP contribution is 2.28. The highest BCUT2D eigenvalue weighted by atomic mass is 16.6. The standard InChI is InChI=1S/C43H55NO10/c1-3-5-7-10-13-20-35(45)21-14-11-8-9-12-15-22-37-40(48)44-38(28-32-23-25-36(26-24-32)52-27-6-4-2)41(49)53-30-33-18-16-17-19-34(33)31-54-42(50)43(37,51)29-39(46)47/h15-19,22-26,37-38,51H,3,5,7-14,20-21,27-31H2,1-2H3,(H,44,48)(H,46,47)/b22-15+/t37-,38+,43+/m1/s1. The Morgan fingerprint density at radius 2 is 1.54 bits per heavy atom. The van der Waals surface area contributed by atoms with Crippen molar-refractivity contribution < 1.29 is 48.4 Å². The van der Waals surface area contributed by atoms with Crippen molar-refractivity contribution in [3.63, 3.8) is 0 Å². The van der Waals surface area contributed by atoms with Crippen LogP contribution in [0.3, 0.4) is 0 Å². The number of rotatable bonds is 20. The molecule has 0 spiro atoms. The van der Waals surface area contributed by atoms with Crippen LogP contribution in [0.2, 0.25) is 0 Å². The van der Waals surface area contributed by atoms with E-state index in [1.54, 1.807) is 61.5 Å². The summed E-state index contributed by atoms with van der Waals surface area (Å²) >= 11 is 0. The number of nitrogens with one attached hydrogen (secondary N) is 1. The van der Waals surface area contributed by atoms with Gasteiger partial charge in [0.25, 0.3) is 0 Å². The van der Waals surface area contributed by atoms with E-state index in [1.807, 2.05) is 0 Å². The smallest absolute Gasteiger partial charge is 0.340 e. The van der Waals surface area contributed by atoms with Crippen LogP contribution in [-0.2, 0) is 53.1 Å². The van der Waals surface area contributed by atoms with Crippen molar-refractivity contribution in [3.8, 4) is 17.6 Å². The van der Waals surface area contributed by atoms with Gasteiger partial charge in [-0.2, -0.15) is 0 Å². The summed E-state index contributed by atoms with van der Waals surface area (Å²) in [7, 11) is 0. The Kier molecular flexibility index (Phi) is 19.0. The number of ketones is 1. The van der Waals surface area contributed by atoms with Crippen molar-refractivity contribution in [3.05, 3.63) is 77.4 Å². The van der Waals surface area contributed by atoms with Crippen LogP contribution in [0.25, 0.3) is 0 Å². The zero-order valence-corrected chi connectivity index (χ0v) is 31.6. The van der Waals surface area contributed by atoms with E-state index < -0.39 is 47.8 Å². The predicted molar refractivity (Wildman–Crippen MR) is 203 cm³/mol. The van der Waals surface area contributed by atoms with Gasteiger partial charge >= 0.3 is 17.9 Å². The predicted octanol–water partition coefficient (Wildman–Crippen LogP) is 6.56. The molecular formula is C43H55NO10. The van der Waals surface area contributed by atoms with Gasteiger partial charge in [-0.3, -0.25) is 14.4 Å². The average molecular weight is 746 g/mol. The lowest BCUT2D eigenvalue weighted by Crippen LogP contribution is -2.56. The number of allylic oxidation sites excluding steroid dienone is 1. The molecule has 54 heavy (non-hydrogen) atoms. The molecule has 11 heteroatoms. The number of fused-ring (bicyclic) bond motifs is 1. The van der Waals surface area contributed by atoms with Gasteiger partial charge in [0.1, 0.15) is 37.4 Å². The number of aliphatic hydroxyl groups is 1. The Labute approximate surface area is 318 Å². The van der Waals surface area contributed by atoms with Gasteiger partial charge in [-0.25, -0.2) is 9.59 Å². The minimum atomic E-state index is -2.80. The summed E-state index contributed by atoms with van der Waals surface area (Å²) in [5.41, 5.74) is -1.14. The average Bonchev–Trinajstić information content (AvgIpc) is 3.15. The summed E-state index contributed by atoms with van der Waals surface area (Å²) in [6.07, 6.45) is 12.1. The second-order valence-electron chi connectivity index (χ2n) is 13.6. The summed E-state index contributed by atoms with van der Waals surface area (Å²) in [5.74, 6) is 0.168. The molecule has 292 valence electrons. The quantitative estimate of drug-likeness (QED) is 0.0585. The molecule has 0 unspecified atom stereocenters. The Morgan fingerprint density at radius 3 is 2.17 bits per heavy atom. The maximum atomic E-state index is 14.0. The number of Topliss-reactive ketones (excluding diaryl/α,β-unsaturated/α-hetero) is 1. The second-order valence-corrected chi connectivity index (χ2v) is 13.6. The van der Waals surface area contributed by atoms with Gasteiger partial charge in [0, 0.05) is 19.3 Å². The van der Waals surface area contributed by atoms with Crippen molar-refractivity contribution in [2.45, 2.75) is 129 Å². The number of cyclic esters (lactones) is 2. The molecule has 3 rings (SSSR count). The number of ether oxygens (including phenoxy) is 3. The Balaban J connectivity index is 1.79. The number of hydrogen-bond acceptors (Lipinski definition) is 9. The summed E-state index contributed by atoms with van der Waals surface area (Å²) < 4.78 is 16.7. The fraction of sp³-hybridized carbons (Fsp3) is 0.512. The second kappa shape index (κ2) is 23.7. The number of hydrogen-bond donors (Lipinski definition) is 3. The van der Waals surface area contributed by atoms with Crippen molar-refractivity contribution in [2.75, 3.05) is 6.61 Å². The molecule has 11 nitrogen and oxygen atoms in total. The molecule has 3 atom stereocenters. The first-order valence-corrected chi connectivity index (χ1v) is 19.0. The number of amides is 1. The third-order valence-electron chi connectivity index (χ3n) is 9.33. The molecule has 2 aromatic carbocycles. The van der Waals surface area contributed by atoms with E-state index in [1.165, 1.54) is 18.9 Å². The zero-order valence-electron chi connectivity index (χ0n) is 31.6. The van der Waals surface area contributed by atoms with E-state index in [2.05, 4.69) is 24.1 Å². The van der Waals surface area contributed by atoms with Crippen LogP contribution < -0.4 is 10.1 Å². The van der Waals surface area contributed by atoms with Crippen molar-refractivity contribution in [1.29, 1.82) is 0 Å². The maximum absolute atomic E-state index is 14.0. The molecular weight excluding hydrogens is 690 g/mol. The first-order chi connectivity index (χ1) is 26.1. The lowest BCUT2D eigenvalue weighted by molar-refractivity contribution is -0.178. The van der Waals surface area contributed by atoms with Crippen LogP contribution >= 0.6 is 0 Å². The Morgan fingerprint density at radius 1 is 0.907 bits per heavy atom. The molecule has 0 radical (unpaired) electrons. The molecule has 0 aromatic heterocycles. The van der Waals surface area contributed by atoms with E-state index in [0.717, 1.165) is 38.5 Å². The number of aliphatic carboxylic acids is 1. The molecule has 0 saturated heterocycles. The highest BCUT2D eigenvalue weighted by Gasteiger charge is 2.50. The maximum Gasteiger partial charge on any atom is 0.340 e. The van der Waals surface area contributed by atoms with Crippen LogP contribution in [0.15, 0.2) is 60.7 Å². The van der Waals surface area contributed by atoms with Gasteiger partial charge in [0.2, 0.25) is 5.91 Å². The van der Waals surface area contributed by atoms with Gasteiger partial charge < -0.3 is 29.7 Å². The Hall–Kier alpha value is -4.95. The first kappa shape index (κ1) is 43.5. The zero-order chi connectivity index (χ0) is 39.2. The topological polar surface area (TPSA) is 166 Å². The molecule has 1 heterocycles. The number of carbonyl (C=O) groups excluding carboxylic acids is 4. The number of carbonyl (C=O) groups is 5. The van der Waals surface area contributed by atoms with E-state index in [4.69, 9.17) is 14.2 Å². The molecule has 0 bridgehead atoms. The summed E-state index contributed by atoms with van der Waals surface area (Å²) in [6.45, 7) is 3.55. The lowest BCUT2D eigenvalue weighted by atomic mass is 9.82. The molecule has 2 aromatic rings. The largest absolute Gasteiger partial charge is 0.481 e. The normalized spacial score (nSPS) is 19.1. The first-order valence-electron chi connectivity index (χ1n) is 19.0. The van der Waals surface area contributed by atoms with Crippen LogP contribution in [0.4, 0.5) is 0 Å². The van der Waals surface area contributed by atoms with E-state index in [-0.39, 0.29) is 32.0 Å². The third kappa shape index (κ3) is 14.8. The fourth-order valence-electron chi connectivity index (χ4n) is 6.18. The summed E-state index contributed by atoms with van der Waals surface area (Å²) in [6, 6.07) is 12.4. The van der Waals surface area contributed by atoms with E-state index in [0.29, 0.717) is 48.1 Å². The molecule has 0 fully saturated rings. The highest BCUT2D eigenvalue weighted by molar-refractivity contribution is 5.95. The number of carboxylic acids is 1. The molecule has 1 aliphatic rings. The molecule has 1 amide bonds. The summed E-state index contributed by atoms with van der Waals surface area (Å²) in [5, 5.41) is 24.2. The van der Waals surface area contributed by atoms with Gasteiger partial charge in [-0.1, -0.05) is 99.9 Å². The third-order valence-corrected chi connectivity index (χ3v) is 9.33. The van der Waals surface area contributed by atoms with Gasteiger partial charge in [0.05, 0.1) is 12.3 Å². The van der Waals surface area contributed by atoms with Crippen molar-refractivity contribution in [2.24, 2.45) is 5.92 Å². The van der Waals surface area contributed by atoms with Crippen LogP contribution in [0.5, 0.6) is 5.75 Å². The molecule has 1 aliphatic heterocycles. The number of benzene rings is 2. The summed E-state index contributed by atoms with van der Waals surface area (Å²) in [4.78, 5) is 65.4. The van der Waals surface area contributed by atoms with Crippen LogP contribution in [-0.4, -0.2) is 58.1 Å². The Bertz CT molecular complexity index is 1620. The number of esters is 2. The van der Waals surface area contributed by atoms with E-state index in [9.17, 15) is 34.2 Å². The van der Waals surface area contributed by atoms with Gasteiger partial charge in [-0.15, -0.1) is 5.92 Å². The molecule has 0 saturated carbocycles. The van der Waals surface area contributed by atoms with Crippen LogP contribution in [0.1, 0.15) is 114 Å². The van der Waals surface area contributed by atoms with Gasteiger partial charge in [0.15, 0.2) is 5.60 Å². The SMILES string of the molecule is CC#CCOc1ccc(C[C@@H]2NC(=O)[C@@H](/C=C/CCCCCCC(=O)CCCCCCC)[C@@](O)(CC(=O)O)C(=O)OCc3ccccc3COC2=O)cc1. The molecule has 3 N–H and O–H groups in total. The van der Waals surface area contributed by atoms with Crippen molar-refractivity contribution in [1.82, 2.24) is 5.32 Å². The van der Waals surface area contributed by atoms with Crippen LogP contribution in [0, 0.1) is 17.8 Å². The molecule has 0 aliphatic carbocycles. The van der Waals surface area contributed by atoms with Gasteiger partial charge in [-0.05, 0) is 61.4 Å².